The molecule has 6 nitrogen and oxygen atoms in total. The summed E-state index contributed by atoms with van der Waals surface area (Å²) in [6.45, 7) is 2.55. The van der Waals surface area contributed by atoms with Gasteiger partial charge in [-0.2, -0.15) is 0 Å². The number of nitrogens with zero attached hydrogens (tertiary/aromatic N) is 1. The van der Waals surface area contributed by atoms with Gasteiger partial charge < -0.3 is 14.8 Å². The molecule has 2 rings (SSSR count). The lowest BCUT2D eigenvalue weighted by Crippen LogP contribution is -2.51. The van der Waals surface area contributed by atoms with Crippen molar-refractivity contribution in [2.45, 2.75) is 31.4 Å². The molecule has 0 aromatic heterocycles. The molecule has 6 heteroatoms. The van der Waals surface area contributed by atoms with Gasteiger partial charge in [-0.05, 0) is 12.8 Å². The molecule has 102 valence electrons. The van der Waals surface area contributed by atoms with Crippen LogP contribution in [0.4, 0.5) is 0 Å². The fraction of sp³-hybridized carbons (Fsp3) is 0.833. The van der Waals surface area contributed by atoms with Gasteiger partial charge >= 0.3 is 5.97 Å². The Balaban J connectivity index is 1.94. The molecule has 0 aromatic rings. The lowest BCUT2D eigenvalue weighted by Gasteiger charge is -2.36. The van der Waals surface area contributed by atoms with Crippen molar-refractivity contribution in [3.8, 4) is 0 Å². The Morgan fingerprint density at radius 1 is 1.56 bits per heavy atom. The topological polar surface area (TPSA) is 67.9 Å². The van der Waals surface area contributed by atoms with Gasteiger partial charge in [0.2, 0.25) is 5.91 Å². The van der Waals surface area contributed by atoms with E-state index >= 15 is 0 Å². The van der Waals surface area contributed by atoms with Gasteiger partial charge in [0.25, 0.3) is 0 Å². The smallest absolute Gasteiger partial charge is 0.336 e. The van der Waals surface area contributed by atoms with Crippen molar-refractivity contribution in [3.05, 3.63) is 0 Å². The number of hydrogen-bond donors (Lipinski definition) is 1. The van der Waals surface area contributed by atoms with E-state index in [9.17, 15) is 9.59 Å². The highest BCUT2D eigenvalue weighted by Gasteiger charge is 2.32. The molecule has 2 heterocycles. The maximum Gasteiger partial charge on any atom is 0.336 e. The second-order valence-corrected chi connectivity index (χ2v) is 4.73. The molecule has 2 aliphatic heterocycles. The molecule has 1 N–H and O–H groups in total. The van der Waals surface area contributed by atoms with Crippen LogP contribution in [-0.4, -0.2) is 62.3 Å². The van der Waals surface area contributed by atoms with Crippen LogP contribution in [0.5, 0.6) is 0 Å². The quantitative estimate of drug-likeness (QED) is 0.676. The second kappa shape index (κ2) is 6.15. The number of nitrogens with one attached hydrogen (secondary N) is 1. The molecular formula is C12H20N2O4. The monoisotopic (exact) mass is 256 g/mol. The number of carbonyl (C=O) groups is 2. The lowest BCUT2D eigenvalue weighted by atomic mass is 10.1. The predicted molar refractivity (Wildman–Crippen MR) is 64.0 cm³/mol. The van der Waals surface area contributed by atoms with Crippen molar-refractivity contribution in [2.24, 2.45) is 0 Å². The van der Waals surface area contributed by atoms with Gasteiger partial charge in [0, 0.05) is 32.1 Å². The maximum atomic E-state index is 11.5. The fourth-order valence-corrected chi connectivity index (χ4v) is 2.54. The molecule has 0 spiro atoms. The summed E-state index contributed by atoms with van der Waals surface area (Å²) in [5, 5.41) is 2.87. The average molecular weight is 256 g/mol. The number of morpholine rings is 1. The SMILES string of the molecule is COC(=O)C1CN(C2CCCNC(=O)C2)CCO1. The van der Waals surface area contributed by atoms with Crippen LogP contribution < -0.4 is 5.32 Å². The molecule has 2 fully saturated rings. The van der Waals surface area contributed by atoms with Gasteiger partial charge in [0.15, 0.2) is 6.10 Å². The zero-order valence-corrected chi connectivity index (χ0v) is 10.7. The van der Waals surface area contributed by atoms with Gasteiger partial charge in [-0.15, -0.1) is 0 Å². The molecule has 0 saturated carbocycles. The number of methoxy groups -OCH3 is 1. The predicted octanol–water partition coefficient (Wildman–Crippen LogP) is -0.471. The van der Waals surface area contributed by atoms with E-state index in [2.05, 4.69) is 10.2 Å². The Morgan fingerprint density at radius 2 is 2.39 bits per heavy atom. The highest BCUT2D eigenvalue weighted by Crippen LogP contribution is 2.18. The molecule has 0 aromatic carbocycles. The molecule has 2 unspecified atom stereocenters. The first kappa shape index (κ1) is 13.3. The van der Waals surface area contributed by atoms with Gasteiger partial charge in [0.1, 0.15) is 0 Å². The van der Waals surface area contributed by atoms with Crippen LogP contribution in [0, 0.1) is 0 Å². The van der Waals surface area contributed by atoms with E-state index in [1.807, 2.05) is 0 Å². The van der Waals surface area contributed by atoms with Crippen molar-refractivity contribution in [2.75, 3.05) is 33.4 Å². The van der Waals surface area contributed by atoms with Crippen molar-refractivity contribution in [1.29, 1.82) is 0 Å². The Bertz CT molecular complexity index is 321. The van der Waals surface area contributed by atoms with Crippen LogP contribution in [0.25, 0.3) is 0 Å². The Labute approximate surface area is 107 Å². The van der Waals surface area contributed by atoms with Gasteiger partial charge in [-0.3, -0.25) is 9.69 Å². The summed E-state index contributed by atoms with van der Waals surface area (Å²) >= 11 is 0. The summed E-state index contributed by atoms with van der Waals surface area (Å²) in [6.07, 6.45) is 1.95. The minimum Gasteiger partial charge on any atom is -0.467 e. The van der Waals surface area contributed by atoms with Crippen molar-refractivity contribution in [1.82, 2.24) is 10.2 Å². The van der Waals surface area contributed by atoms with E-state index in [4.69, 9.17) is 9.47 Å². The maximum absolute atomic E-state index is 11.5. The Hall–Kier alpha value is -1.14. The molecule has 1 amide bonds. The fourth-order valence-electron chi connectivity index (χ4n) is 2.54. The second-order valence-electron chi connectivity index (χ2n) is 4.73. The number of esters is 1. The first-order chi connectivity index (χ1) is 8.70. The summed E-state index contributed by atoms with van der Waals surface area (Å²) in [7, 11) is 1.36. The number of carbonyl (C=O) groups excluding carboxylic acids is 2. The van der Waals surface area contributed by atoms with E-state index in [0.717, 1.165) is 25.9 Å². The summed E-state index contributed by atoms with van der Waals surface area (Å²) in [6, 6.07) is 0.212. The number of rotatable bonds is 2. The first-order valence-electron chi connectivity index (χ1n) is 6.41. The van der Waals surface area contributed by atoms with E-state index in [0.29, 0.717) is 19.6 Å². The average Bonchev–Trinajstić information content (AvgIpc) is 2.62. The van der Waals surface area contributed by atoms with Gasteiger partial charge in [-0.1, -0.05) is 0 Å². The van der Waals surface area contributed by atoms with E-state index < -0.39 is 6.10 Å². The third kappa shape index (κ3) is 3.20. The Morgan fingerprint density at radius 3 is 3.17 bits per heavy atom. The molecular weight excluding hydrogens is 236 g/mol. The van der Waals surface area contributed by atoms with Crippen LogP contribution in [-0.2, 0) is 19.1 Å². The van der Waals surface area contributed by atoms with Crippen LogP contribution in [0.3, 0.4) is 0 Å². The van der Waals surface area contributed by atoms with Crippen LogP contribution >= 0.6 is 0 Å². The minimum absolute atomic E-state index is 0.0959. The molecule has 0 bridgehead atoms. The molecule has 2 saturated heterocycles. The van der Waals surface area contributed by atoms with Gasteiger partial charge in [-0.25, -0.2) is 4.79 Å². The molecule has 18 heavy (non-hydrogen) atoms. The number of hydrogen-bond acceptors (Lipinski definition) is 5. The van der Waals surface area contributed by atoms with Crippen molar-refractivity contribution < 1.29 is 19.1 Å². The molecule has 2 atom stereocenters. The minimum atomic E-state index is -0.518. The summed E-state index contributed by atoms with van der Waals surface area (Å²) in [4.78, 5) is 25.2. The third-order valence-electron chi connectivity index (χ3n) is 3.54. The van der Waals surface area contributed by atoms with Crippen molar-refractivity contribution in [3.63, 3.8) is 0 Å². The highest BCUT2D eigenvalue weighted by atomic mass is 16.6. The van der Waals surface area contributed by atoms with Crippen LogP contribution in [0.15, 0.2) is 0 Å². The first-order valence-corrected chi connectivity index (χ1v) is 6.41. The normalized spacial score (nSPS) is 30.4. The molecule has 0 radical (unpaired) electrons. The number of amides is 1. The highest BCUT2D eigenvalue weighted by molar-refractivity contribution is 5.77. The summed E-state index contributed by atoms with van der Waals surface area (Å²) < 4.78 is 10.1. The summed E-state index contributed by atoms with van der Waals surface area (Å²) in [5.74, 6) is -0.239. The van der Waals surface area contributed by atoms with E-state index in [-0.39, 0.29) is 17.9 Å². The van der Waals surface area contributed by atoms with Gasteiger partial charge in [0.05, 0.1) is 13.7 Å². The largest absolute Gasteiger partial charge is 0.467 e. The standard InChI is InChI=1S/C12H20N2O4/c1-17-12(16)10-8-14(5-6-18-10)9-3-2-4-13-11(15)7-9/h9-10H,2-8H2,1H3,(H,13,15). The molecule has 2 aliphatic rings. The zero-order valence-electron chi connectivity index (χ0n) is 10.7. The molecule has 0 aliphatic carbocycles. The Kier molecular flexibility index (Phi) is 4.54. The number of ether oxygens (including phenoxy) is 2. The van der Waals surface area contributed by atoms with Crippen LogP contribution in [0.1, 0.15) is 19.3 Å². The summed E-state index contributed by atoms with van der Waals surface area (Å²) in [5.41, 5.74) is 0. The van der Waals surface area contributed by atoms with Crippen LogP contribution in [0.2, 0.25) is 0 Å². The zero-order chi connectivity index (χ0) is 13.0. The van der Waals surface area contributed by atoms with Crippen molar-refractivity contribution >= 4 is 11.9 Å². The van der Waals surface area contributed by atoms with E-state index in [1.54, 1.807) is 0 Å². The third-order valence-corrected chi connectivity index (χ3v) is 3.54. The van der Waals surface area contributed by atoms with E-state index in [1.165, 1.54) is 7.11 Å². The lowest BCUT2D eigenvalue weighted by molar-refractivity contribution is -0.161.